The largest absolute Gasteiger partial charge is 0.464 e. The van der Waals surface area contributed by atoms with E-state index in [4.69, 9.17) is 4.74 Å². The Balaban J connectivity index is 2.03. The number of nitrogens with zero attached hydrogens (tertiary/aromatic N) is 1. The number of hydrogen-bond acceptors (Lipinski definition) is 3. The van der Waals surface area contributed by atoms with E-state index in [1.165, 1.54) is 7.11 Å². The maximum absolute atomic E-state index is 12.0. The molecule has 0 spiro atoms. The predicted octanol–water partition coefficient (Wildman–Crippen LogP) is 4.33. The first-order chi connectivity index (χ1) is 11.3. The van der Waals surface area contributed by atoms with Crippen LogP contribution in [-0.2, 0) is 4.74 Å². The molecule has 0 amide bonds. The average Bonchev–Trinajstić information content (AvgIpc) is 2.99. The molecule has 4 nitrogen and oxygen atoms in total. The summed E-state index contributed by atoms with van der Waals surface area (Å²) in [6, 6.07) is 9.96. The first kappa shape index (κ1) is 14.0. The molecule has 0 bridgehead atoms. The molecule has 0 radical (unpaired) electrons. The zero-order chi connectivity index (χ0) is 15.8. The molecule has 3 aromatic rings. The van der Waals surface area contributed by atoms with Crippen molar-refractivity contribution < 1.29 is 9.53 Å². The Morgan fingerprint density at radius 3 is 2.96 bits per heavy atom. The van der Waals surface area contributed by atoms with Crippen molar-refractivity contribution in [3.8, 4) is 0 Å². The van der Waals surface area contributed by atoms with Crippen LogP contribution in [0.5, 0.6) is 0 Å². The minimum Gasteiger partial charge on any atom is -0.464 e. The van der Waals surface area contributed by atoms with E-state index < -0.39 is 5.97 Å². The van der Waals surface area contributed by atoms with Gasteiger partial charge in [-0.3, -0.25) is 0 Å². The summed E-state index contributed by atoms with van der Waals surface area (Å²) < 4.78 is 4.89. The molecule has 0 saturated heterocycles. The highest BCUT2D eigenvalue weighted by Crippen LogP contribution is 2.34. The van der Waals surface area contributed by atoms with Crippen LogP contribution >= 0.6 is 0 Å². The highest BCUT2D eigenvalue weighted by molar-refractivity contribution is 6.09. The number of aromatic nitrogens is 2. The molecule has 1 aliphatic carbocycles. The standard InChI is InChI=1S/C19H18N2O2/c1-23-19(22)16-11-14-13-9-5-6-10-15(13)20-18(14)17(21-16)12-7-3-2-4-8-12/h3,5-7,9-12,20H,2,4,8H2,1H3. The van der Waals surface area contributed by atoms with Gasteiger partial charge in [-0.25, -0.2) is 9.78 Å². The summed E-state index contributed by atoms with van der Waals surface area (Å²) in [5.41, 5.74) is 3.40. The molecule has 4 heteroatoms. The molecule has 0 saturated carbocycles. The third-order valence-corrected chi connectivity index (χ3v) is 4.52. The Kier molecular flexibility index (Phi) is 3.37. The van der Waals surface area contributed by atoms with Crippen molar-refractivity contribution in [2.45, 2.75) is 25.2 Å². The van der Waals surface area contributed by atoms with E-state index >= 15 is 0 Å². The first-order valence-electron chi connectivity index (χ1n) is 7.94. The minimum atomic E-state index is -0.391. The molecule has 4 rings (SSSR count). The lowest BCUT2D eigenvalue weighted by atomic mass is 9.91. The molecule has 116 valence electrons. The molecule has 1 aliphatic rings. The lowest BCUT2D eigenvalue weighted by Gasteiger charge is -2.17. The zero-order valence-corrected chi connectivity index (χ0v) is 13.0. The number of fused-ring (bicyclic) bond motifs is 3. The fourth-order valence-electron chi connectivity index (χ4n) is 3.39. The Morgan fingerprint density at radius 2 is 2.17 bits per heavy atom. The van der Waals surface area contributed by atoms with Crippen molar-refractivity contribution in [1.29, 1.82) is 0 Å². The number of ether oxygens (including phenoxy) is 1. The van der Waals surface area contributed by atoms with Crippen LogP contribution in [-0.4, -0.2) is 23.0 Å². The molecule has 23 heavy (non-hydrogen) atoms. The van der Waals surface area contributed by atoms with Gasteiger partial charge in [0.15, 0.2) is 0 Å². The van der Waals surface area contributed by atoms with Gasteiger partial charge in [-0.05, 0) is 31.4 Å². The van der Waals surface area contributed by atoms with Crippen molar-refractivity contribution in [2.75, 3.05) is 7.11 Å². The third-order valence-electron chi connectivity index (χ3n) is 4.52. The van der Waals surface area contributed by atoms with Gasteiger partial charge < -0.3 is 9.72 Å². The van der Waals surface area contributed by atoms with Gasteiger partial charge in [0.05, 0.1) is 18.3 Å². The van der Waals surface area contributed by atoms with E-state index in [0.717, 1.165) is 46.8 Å². The molecular formula is C19H18N2O2. The second-order valence-corrected chi connectivity index (χ2v) is 5.94. The number of rotatable bonds is 2. The van der Waals surface area contributed by atoms with Crippen molar-refractivity contribution in [2.24, 2.45) is 0 Å². The molecular weight excluding hydrogens is 288 g/mol. The highest BCUT2D eigenvalue weighted by atomic mass is 16.5. The van der Waals surface area contributed by atoms with Gasteiger partial charge in [0.25, 0.3) is 0 Å². The van der Waals surface area contributed by atoms with E-state index in [0.29, 0.717) is 5.69 Å². The lowest BCUT2D eigenvalue weighted by molar-refractivity contribution is 0.0594. The maximum atomic E-state index is 12.0. The summed E-state index contributed by atoms with van der Waals surface area (Å²) in [5.74, 6) is -0.151. The number of benzene rings is 1. The van der Waals surface area contributed by atoms with Crippen LogP contribution < -0.4 is 0 Å². The molecule has 1 unspecified atom stereocenters. The SMILES string of the molecule is COC(=O)c1cc2c([nH]c3ccccc32)c(C2C=CCCC2)n1. The topological polar surface area (TPSA) is 55.0 Å². The van der Waals surface area contributed by atoms with Crippen molar-refractivity contribution in [3.63, 3.8) is 0 Å². The van der Waals surface area contributed by atoms with Crippen LogP contribution in [0.3, 0.4) is 0 Å². The van der Waals surface area contributed by atoms with Crippen LogP contribution in [0.1, 0.15) is 41.4 Å². The summed E-state index contributed by atoms with van der Waals surface area (Å²) in [7, 11) is 1.39. The number of nitrogens with one attached hydrogen (secondary N) is 1. The van der Waals surface area contributed by atoms with E-state index in [1.54, 1.807) is 0 Å². The van der Waals surface area contributed by atoms with Crippen molar-refractivity contribution in [3.05, 3.63) is 53.9 Å². The highest BCUT2D eigenvalue weighted by Gasteiger charge is 2.21. The number of para-hydroxylation sites is 1. The summed E-state index contributed by atoms with van der Waals surface area (Å²) >= 11 is 0. The number of H-pyrrole nitrogens is 1. The van der Waals surface area contributed by atoms with Crippen LogP contribution in [0.25, 0.3) is 21.8 Å². The van der Waals surface area contributed by atoms with E-state index in [1.807, 2.05) is 24.3 Å². The van der Waals surface area contributed by atoms with Gasteiger partial charge in [0.1, 0.15) is 5.69 Å². The molecule has 1 N–H and O–H groups in total. The van der Waals surface area contributed by atoms with Crippen molar-refractivity contribution >= 4 is 27.8 Å². The summed E-state index contributed by atoms with van der Waals surface area (Å²) in [6.07, 6.45) is 7.72. The number of methoxy groups -OCH3 is 1. The molecule has 2 heterocycles. The normalized spacial score (nSPS) is 17.7. The minimum absolute atomic E-state index is 0.240. The monoisotopic (exact) mass is 306 g/mol. The number of pyridine rings is 1. The molecule has 0 fully saturated rings. The summed E-state index contributed by atoms with van der Waals surface area (Å²) in [4.78, 5) is 20.2. The lowest BCUT2D eigenvalue weighted by Crippen LogP contribution is -2.09. The predicted molar refractivity (Wildman–Crippen MR) is 90.7 cm³/mol. The molecule has 1 atom stereocenters. The van der Waals surface area contributed by atoms with Crippen LogP contribution in [0.15, 0.2) is 42.5 Å². The number of esters is 1. The number of allylic oxidation sites excluding steroid dienone is 2. The Labute approximate surface area is 134 Å². The summed E-state index contributed by atoms with van der Waals surface area (Å²) in [5, 5.41) is 2.14. The van der Waals surface area contributed by atoms with E-state index in [2.05, 4.69) is 28.2 Å². The molecule has 1 aromatic carbocycles. The van der Waals surface area contributed by atoms with Gasteiger partial charge in [-0.1, -0.05) is 30.4 Å². The Bertz CT molecular complexity index is 924. The Hall–Kier alpha value is -2.62. The number of carbonyl (C=O) groups excluding carboxylic acids is 1. The second kappa shape index (κ2) is 5.54. The van der Waals surface area contributed by atoms with Gasteiger partial charge in [-0.2, -0.15) is 0 Å². The van der Waals surface area contributed by atoms with Gasteiger partial charge in [-0.15, -0.1) is 0 Å². The smallest absolute Gasteiger partial charge is 0.356 e. The zero-order valence-electron chi connectivity index (χ0n) is 13.0. The van der Waals surface area contributed by atoms with E-state index in [-0.39, 0.29) is 5.92 Å². The van der Waals surface area contributed by atoms with E-state index in [9.17, 15) is 4.79 Å². The third kappa shape index (κ3) is 2.31. The first-order valence-corrected chi connectivity index (χ1v) is 7.94. The number of hydrogen-bond donors (Lipinski definition) is 1. The van der Waals surface area contributed by atoms with Crippen molar-refractivity contribution in [1.82, 2.24) is 9.97 Å². The van der Waals surface area contributed by atoms with Crippen LogP contribution in [0, 0.1) is 0 Å². The quantitative estimate of drug-likeness (QED) is 0.566. The van der Waals surface area contributed by atoms with Gasteiger partial charge >= 0.3 is 5.97 Å². The Morgan fingerprint density at radius 1 is 1.30 bits per heavy atom. The average molecular weight is 306 g/mol. The van der Waals surface area contributed by atoms with Crippen LogP contribution in [0.2, 0.25) is 0 Å². The second-order valence-electron chi connectivity index (χ2n) is 5.94. The molecule has 0 aliphatic heterocycles. The number of carbonyl (C=O) groups is 1. The maximum Gasteiger partial charge on any atom is 0.356 e. The summed E-state index contributed by atoms with van der Waals surface area (Å²) in [6.45, 7) is 0. The fourth-order valence-corrected chi connectivity index (χ4v) is 3.39. The fraction of sp³-hybridized carbons (Fsp3) is 0.263. The van der Waals surface area contributed by atoms with Gasteiger partial charge in [0, 0.05) is 22.2 Å². The van der Waals surface area contributed by atoms with Crippen LogP contribution in [0.4, 0.5) is 0 Å². The van der Waals surface area contributed by atoms with Gasteiger partial charge in [0.2, 0.25) is 0 Å². The molecule has 2 aromatic heterocycles. The number of aromatic amines is 1.